The van der Waals surface area contributed by atoms with Crippen LogP contribution in [0.3, 0.4) is 0 Å². The molecule has 1 aliphatic rings. The Labute approximate surface area is 147 Å². The average Bonchev–Trinajstić information content (AvgIpc) is 3.12. The molecule has 0 spiro atoms. The first-order valence-electron chi connectivity index (χ1n) is 8.48. The predicted octanol–water partition coefficient (Wildman–Crippen LogP) is 2.29. The molecule has 1 amide bonds. The van der Waals surface area contributed by atoms with Crippen molar-refractivity contribution in [3.63, 3.8) is 0 Å². The van der Waals surface area contributed by atoms with Crippen LogP contribution in [0.1, 0.15) is 30.3 Å². The average molecular weight is 341 g/mol. The largest absolute Gasteiger partial charge is 0.494 e. The van der Waals surface area contributed by atoms with Crippen molar-refractivity contribution in [1.29, 1.82) is 0 Å². The number of hydrazone groups is 1. The van der Waals surface area contributed by atoms with Crippen LogP contribution in [0.4, 0.5) is 0 Å². The zero-order chi connectivity index (χ0) is 17.6. The Morgan fingerprint density at radius 1 is 1.32 bits per heavy atom. The van der Waals surface area contributed by atoms with Crippen LogP contribution in [-0.4, -0.2) is 53.5 Å². The number of amides is 1. The van der Waals surface area contributed by atoms with Crippen LogP contribution >= 0.6 is 0 Å². The maximum Gasteiger partial charge on any atom is 0.289 e. The lowest BCUT2D eigenvalue weighted by molar-refractivity contribution is 0.0949. The Kier molecular flexibility index (Phi) is 5.45. The van der Waals surface area contributed by atoms with Gasteiger partial charge in [0.25, 0.3) is 5.91 Å². The van der Waals surface area contributed by atoms with Gasteiger partial charge >= 0.3 is 0 Å². The lowest BCUT2D eigenvalue weighted by Crippen LogP contribution is -2.32. The van der Waals surface area contributed by atoms with Crippen molar-refractivity contribution in [3.05, 3.63) is 36.0 Å². The summed E-state index contributed by atoms with van der Waals surface area (Å²) in [6.45, 7) is 4.52. The zero-order valence-corrected chi connectivity index (χ0v) is 14.6. The van der Waals surface area contributed by atoms with E-state index in [0.29, 0.717) is 18.0 Å². The van der Waals surface area contributed by atoms with E-state index in [9.17, 15) is 4.79 Å². The fraction of sp³-hybridized carbons (Fsp3) is 0.389. The molecule has 3 rings (SSSR count). The Morgan fingerprint density at radius 3 is 2.72 bits per heavy atom. The second kappa shape index (κ2) is 7.94. The van der Waals surface area contributed by atoms with Crippen LogP contribution in [0.5, 0.6) is 5.75 Å². The summed E-state index contributed by atoms with van der Waals surface area (Å²) >= 11 is 0. The molecule has 0 bridgehead atoms. The Bertz CT molecular complexity index is 741. The van der Waals surface area contributed by atoms with E-state index in [-0.39, 0.29) is 5.91 Å². The van der Waals surface area contributed by atoms with E-state index in [1.165, 1.54) is 0 Å². The number of nitrogens with zero attached hydrogens (tertiary/aromatic N) is 3. The van der Waals surface area contributed by atoms with E-state index in [2.05, 4.69) is 32.7 Å². The number of piperidine rings is 1. The molecule has 7 nitrogen and oxygen atoms in total. The fourth-order valence-corrected chi connectivity index (χ4v) is 2.65. The Hall–Kier alpha value is -2.67. The molecule has 0 radical (unpaired) electrons. The topological polar surface area (TPSA) is 82.6 Å². The van der Waals surface area contributed by atoms with Gasteiger partial charge in [-0.25, -0.2) is 5.43 Å². The molecule has 0 saturated carbocycles. The summed E-state index contributed by atoms with van der Waals surface area (Å²) in [5.41, 5.74) is 5.65. The first-order chi connectivity index (χ1) is 12.2. The molecule has 0 unspecified atom stereocenters. The SMILES string of the molecule is CCOc1ccc(-c2cc(C(=O)NN=C3CCN(C)CC3)[nH]n2)cc1. The highest BCUT2D eigenvalue weighted by Crippen LogP contribution is 2.21. The number of likely N-dealkylation sites (tertiary alicyclic amines) is 1. The van der Waals surface area contributed by atoms with Crippen molar-refractivity contribution in [2.75, 3.05) is 26.7 Å². The molecule has 1 fully saturated rings. The molecule has 1 aromatic carbocycles. The van der Waals surface area contributed by atoms with Gasteiger partial charge in [-0.1, -0.05) is 0 Å². The van der Waals surface area contributed by atoms with Gasteiger partial charge in [0, 0.05) is 37.2 Å². The van der Waals surface area contributed by atoms with Crippen molar-refractivity contribution >= 4 is 11.6 Å². The number of aromatic nitrogens is 2. The molecule has 25 heavy (non-hydrogen) atoms. The molecule has 2 heterocycles. The molecule has 0 atom stereocenters. The normalized spacial score (nSPS) is 15.0. The van der Waals surface area contributed by atoms with Crippen molar-refractivity contribution in [3.8, 4) is 17.0 Å². The molecule has 2 N–H and O–H groups in total. The molecule has 0 aliphatic carbocycles. The van der Waals surface area contributed by atoms with Crippen LogP contribution in [0, 0.1) is 0 Å². The molecular formula is C18H23N5O2. The van der Waals surface area contributed by atoms with E-state index in [4.69, 9.17) is 4.74 Å². The van der Waals surface area contributed by atoms with E-state index in [1.807, 2.05) is 31.2 Å². The van der Waals surface area contributed by atoms with Crippen LogP contribution in [0.15, 0.2) is 35.4 Å². The lowest BCUT2D eigenvalue weighted by Gasteiger charge is -2.22. The number of rotatable bonds is 5. The van der Waals surface area contributed by atoms with Gasteiger partial charge in [0.15, 0.2) is 0 Å². The summed E-state index contributed by atoms with van der Waals surface area (Å²) in [6, 6.07) is 9.34. The van der Waals surface area contributed by atoms with Gasteiger partial charge in [0.1, 0.15) is 11.4 Å². The highest BCUT2D eigenvalue weighted by Gasteiger charge is 2.14. The minimum Gasteiger partial charge on any atom is -0.494 e. The van der Waals surface area contributed by atoms with Crippen LogP contribution in [-0.2, 0) is 0 Å². The minimum atomic E-state index is -0.281. The summed E-state index contributed by atoms with van der Waals surface area (Å²) in [5, 5.41) is 11.2. The Morgan fingerprint density at radius 2 is 2.04 bits per heavy atom. The number of hydrogen-bond donors (Lipinski definition) is 2. The van der Waals surface area contributed by atoms with Gasteiger partial charge in [-0.3, -0.25) is 9.89 Å². The number of aromatic amines is 1. The first kappa shape index (κ1) is 17.2. The monoisotopic (exact) mass is 341 g/mol. The van der Waals surface area contributed by atoms with Gasteiger partial charge in [0.05, 0.1) is 12.3 Å². The third-order valence-electron chi connectivity index (χ3n) is 4.16. The molecular weight excluding hydrogens is 318 g/mol. The van der Waals surface area contributed by atoms with E-state index >= 15 is 0 Å². The van der Waals surface area contributed by atoms with Gasteiger partial charge in [-0.05, 0) is 44.3 Å². The van der Waals surface area contributed by atoms with Gasteiger partial charge in [-0.15, -0.1) is 0 Å². The first-order valence-corrected chi connectivity index (χ1v) is 8.48. The molecule has 132 valence electrons. The van der Waals surface area contributed by atoms with Gasteiger partial charge < -0.3 is 9.64 Å². The van der Waals surface area contributed by atoms with Crippen LogP contribution in [0.2, 0.25) is 0 Å². The van der Waals surface area contributed by atoms with Crippen LogP contribution < -0.4 is 10.2 Å². The molecule has 1 saturated heterocycles. The third kappa shape index (κ3) is 4.45. The fourth-order valence-electron chi connectivity index (χ4n) is 2.65. The van der Waals surface area contributed by atoms with E-state index < -0.39 is 0 Å². The number of H-pyrrole nitrogens is 1. The highest BCUT2D eigenvalue weighted by atomic mass is 16.5. The van der Waals surface area contributed by atoms with Gasteiger partial charge in [0.2, 0.25) is 0 Å². The van der Waals surface area contributed by atoms with E-state index in [1.54, 1.807) is 6.07 Å². The number of nitrogens with one attached hydrogen (secondary N) is 2. The molecule has 1 aromatic heterocycles. The third-order valence-corrected chi connectivity index (χ3v) is 4.16. The summed E-state index contributed by atoms with van der Waals surface area (Å²) in [5.74, 6) is 0.532. The van der Waals surface area contributed by atoms with Crippen molar-refractivity contribution in [2.24, 2.45) is 5.10 Å². The van der Waals surface area contributed by atoms with E-state index in [0.717, 1.165) is 43.0 Å². The number of hydrogen-bond acceptors (Lipinski definition) is 5. The number of benzene rings is 1. The summed E-state index contributed by atoms with van der Waals surface area (Å²) in [4.78, 5) is 14.5. The highest BCUT2D eigenvalue weighted by molar-refractivity contribution is 5.95. The smallest absolute Gasteiger partial charge is 0.289 e. The van der Waals surface area contributed by atoms with Crippen molar-refractivity contribution in [2.45, 2.75) is 19.8 Å². The second-order valence-electron chi connectivity index (χ2n) is 6.05. The summed E-state index contributed by atoms with van der Waals surface area (Å²) < 4.78 is 5.43. The Balaban J connectivity index is 1.62. The summed E-state index contributed by atoms with van der Waals surface area (Å²) in [6.07, 6.45) is 1.77. The minimum absolute atomic E-state index is 0.281. The lowest BCUT2D eigenvalue weighted by atomic mass is 10.1. The van der Waals surface area contributed by atoms with Crippen LogP contribution in [0.25, 0.3) is 11.3 Å². The van der Waals surface area contributed by atoms with Gasteiger partial charge in [-0.2, -0.15) is 10.2 Å². The quantitative estimate of drug-likeness (QED) is 0.818. The standard InChI is InChI=1S/C18H23N5O2/c1-3-25-15-6-4-13(5-7-15)16-12-17(21-20-16)18(24)22-19-14-8-10-23(2)11-9-14/h4-7,12H,3,8-11H2,1-2H3,(H,20,21)(H,22,24). The maximum absolute atomic E-state index is 12.2. The summed E-state index contributed by atoms with van der Waals surface area (Å²) in [7, 11) is 2.09. The molecule has 2 aromatic rings. The zero-order valence-electron chi connectivity index (χ0n) is 14.6. The van der Waals surface area contributed by atoms with Crippen molar-refractivity contribution < 1.29 is 9.53 Å². The predicted molar refractivity (Wildman–Crippen MR) is 96.8 cm³/mol. The number of ether oxygens (including phenoxy) is 1. The maximum atomic E-state index is 12.2. The molecule has 1 aliphatic heterocycles. The second-order valence-corrected chi connectivity index (χ2v) is 6.05. The number of carbonyl (C=O) groups excluding carboxylic acids is 1. The molecule has 7 heteroatoms. The number of carbonyl (C=O) groups is 1. The van der Waals surface area contributed by atoms with Crippen molar-refractivity contribution in [1.82, 2.24) is 20.5 Å².